The molecule has 27 heavy (non-hydrogen) atoms. The van der Waals surface area contributed by atoms with Gasteiger partial charge in [-0.05, 0) is 71.5 Å². The third-order valence-corrected chi connectivity index (χ3v) is 6.19. The second-order valence-corrected chi connectivity index (χ2v) is 8.11. The van der Waals surface area contributed by atoms with Crippen molar-refractivity contribution in [3.05, 3.63) is 92.7 Å². The fourth-order valence-corrected chi connectivity index (χ4v) is 4.65. The Kier molecular flexibility index (Phi) is 5.37. The van der Waals surface area contributed by atoms with E-state index < -0.39 is 0 Å². The Hall–Kier alpha value is -2.43. The van der Waals surface area contributed by atoms with Crippen molar-refractivity contribution >= 4 is 17.2 Å². The van der Waals surface area contributed by atoms with E-state index in [2.05, 4.69) is 41.0 Å². The average molecular weight is 377 g/mol. The van der Waals surface area contributed by atoms with Crippen molar-refractivity contribution in [2.45, 2.75) is 38.3 Å². The summed E-state index contributed by atoms with van der Waals surface area (Å²) in [6, 6.07) is 18.9. The number of nitrogens with two attached hydrogens (primary N) is 1. The Balaban J connectivity index is 1.59. The summed E-state index contributed by atoms with van der Waals surface area (Å²) in [5, 5.41) is 5.81. The molecule has 3 aromatic rings. The lowest BCUT2D eigenvalue weighted by Gasteiger charge is -2.22. The summed E-state index contributed by atoms with van der Waals surface area (Å²) < 4.78 is 0. The van der Waals surface area contributed by atoms with E-state index in [1.54, 1.807) is 17.4 Å². The fourth-order valence-electron chi connectivity index (χ4n) is 3.83. The number of primary amides is 1. The molecule has 0 bridgehead atoms. The van der Waals surface area contributed by atoms with Crippen molar-refractivity contribution in [2.24, 2.45) is 5.73 Å². The zero-order valence-electron chi connectivity index (χ0n) is 15.3. The van der Waals surface area contributed by atoms with Crippen LogP contribution in [0.25, 0.3) is 0 Å². The molecule has 1 aromatic heterocycles. The second kappa shape index (κ2) is 8.07. The molecule has 2 aromatic carbocycles. The molecular formula is C23H24N2OS. The molecule has 1 aliphatic rings. The first-order chi connectivity index (χ1) is 13.2. The van der Waals surface area contributed by atoms with Crippen molar-refractivity contribution in [3.8, 4) is 0 Å². The van der Waals surface area contributed by atoms with Gasteiger partial charge in [0.25, 0.3) is 0 Å². The molecule has 0 spiro atoms. The highest BCUT2D eigenvalue weighted by atomic mass is 32.1. The van der Waals surface area contributed by atoms with Crippen LogP contribution in [0.1, 0.15) is 56.4 Å². The Morgan fingerprint density at radius 3 is 2.67 bits per heavy atom. The van der Waals surface area contributed by atoms with Crippen LogP contribution in [0.4, 0.5) is 0 Å². The van der Waals surface area contributed by atoms with E-state index in [1.165, 1.54) is 47.3 Å². The van der Waals surface area contributed by atoms with Crippen molar-refractivity contribution in [1.82, 2.24) is 5.32 Å². The summed E-state index contributed by atoms with van der Waals surface area (Å²) in [6.45, 7) is 0.681. The molecule has 1 heterocycles. The van der Waals surface area contributed by atoms with Gasteiger partial charge in [0.1, 0.15) is 0 Å². The van der Waals surface area contributed by atoms with Crippen LogP contribution in [0.15, 0.2) is 60.0 Å². The van der Waals surface area contributed by atoms with Crippen LogP contribution in [0.5, 0.6) is 0 Å². The van der Waals surface area contributed by atoms with Crippen molar-refractivity contribution in [1.29, 1.82) is 0 Å². The molecule has 0 fully saturated rings. The Morgan fingerprint density at radius 2 is 1.89 bits per heavy atom. The predicted molar refractivity (Wildman–Crippen MR) is 111 cm³/mol. The minimum absolute atomic E-state index is 0.148. The molecule has 138 valence electrons. The summed E-state index contributed by atoms with van der Waals surface area (Å²) in [5.74, 6) is -0.388. The zero-order chi connectivity index (χ0) is 18.6. The lowest BCUT2D eigenvalue weighted by molar-refractivity contribution is 0.1000. The lowest BCUT2D eigenvalue weighted by Crippen LogP contribution is -2.22. The molecule has 0 aliphatic heterocycles. The Labute approximate surface area is 164 Å². The van der Waals surface area contributed by atoms with Crippen molar-refractivity contribution in [3.63, 3.8) is 0 Å². The minimum atomic E-state index is -0.388. The van der Waals surface area contributed by atoms with Gasteiger partial charge in [-0.2, -0.15) is 0 Å². The number of thiophene rings is 1. The highest BCUT2D eigenvalue weighted by Crippen LogP contribution is 2.30. The normalized spacial score (nSPS) is 14.5. The third kappa shape index (κ3) is 4.12. The number of nitrogens with one attached hydrogen (secondary N) is 1. The molecule has 3 nitrogen and oxygen atoms in total. The summed E-state index contributed by atoms with van der Waals surface area (Å²) >= 11 is 1.77. The summed E-state index contributed by atoms with van der Waals surface area (Å²) in [4.78, 5) is 12.7. The van der Waals surface area contributed by atoms with E-state index in [0.29, 0.717) is 12.1 Å². The van der Waals surface area contributed by atoms with Crippen LogP contribution in [0, 0.1) is 0 Å². The van der Waals surface area contributed by atoms with Gasteiger partial charge >= 0.3 is 0 Å². The first-order valence-corrected chi connectivity index (χ1v) is 10.4. The zero-order valence-corrected chi connectivity index (χ0v) is 16.1. The Bertz CT molecular complexity index is 933. The molecule has 4 heteroatoms. The van der Waals surface area contributed by atoms with Gasteiger partial charge in [0.15, 0.2) is 0 Å². The maximum absolute atomic E-state index is 11.4. The third-order valence-electron chi connectivity index (χ3n) is 5.26. The number of carbonyl (C=O) groups is 1. The summed E-state index contributed by atoms with van der Waals surface area (Å²) in [7, 11) is 0. The minimum Gasteiger partial charge on any atom is -0.366 e. The van der Waals surface area contributed by atoms with Crippen LogP contribution in [-0.2, 0) is 19.4 Å². The largest absolute Gasteiger partial charge is 0.366 e. The van der Waals surface area contributed by atoms with E-state index in [9.17, 15) is 4.79 Å². The first-order valence-electron chi connectivity index (χ1n) is 9.48. The quantitative estimate of drug-likeness (QED) is 0.660. The maximum atomic E-state index is 11.4. The van der Waals surface area contributed by atoms with Gasteiger partial charge in [0.2, 0.25) is 5.91 Å². The molecule has 1 amide bonds. The van der Waals surface area contributed by atoms with Crippen molar-refractivity contribution < 1.29 is 4.79 Å². The SMILES string of the molecule is NC(=O)c1cccc(CNC(c2ccc3c(c2)CCCC3)c2cccs2)c1. The van der Waals surface area contributed by atoms with E-state index in [1.807, 2.05) is 18.2 Å². The molecule has 1 atom stereocenters. The summed E-state index contributed by atoms with van der Waals surface area (Å²) in [6.07, 6.45) is 4.97. The highest BCUT2D eigenvalue weighted by Gasteiger charge is 2.18. The van der Waals surface area contributed by atoms with E-state index in [0.717, 1.165) is 5.56 Å². The van der Waals surface area contributed by atoms with Crippen LogP contribution < -0.4 is 11.1 Å². The molecule has 1 unspecified atom stereocenters. The number of fused-ring (bicyclic) bond motifs is 1. The second-order valence-electron chi connectivity index (χ2n) is 7.13. The topological polar surface area (TPSA) is 55.1 Å². The van der Waals surface area contributed by atoms with Crippen LogP contribution >= 0.6 is 11.3 Å². The molecule has 0 radical (unpaired) electrons. The first kappa shape index (κ1) is 18.0. The lowest BCUT2D eigenvalue weighted by atomic mass is 9.89. The van der Waals surface area contributed by atoms with Crippen LogP contribution in [-0.4, -0.2) is 5.91 Å². The van der Waals surface area contributed by atoms with Gasteiger partial charge < -0.3 is 11.1 Å². The number of aryl methyl sites for hydroxylation is 2. The fraction of sp³-hybridized carbons (Fsp3) is 0.261. The van der Waals surface area contributed by atoms with Gasteiger partial charge in [0, 0.05) is 17.0 Å². The van der Waals surface area contributed by atoms with Crippen LogP contribution in [0.2, 0.25) is 0 Å². The van der Waals surface area contributed by atoms with Gasteiger partial charge in [-0.25, -0.2) is 0 Å². The van der Waals surface area contributed by atoms with E-state index in [4.69, 9.17) is 5.73 Å². The molecule has 0 saturated heterocycles. The summed E-state index contributed by atoms with van der Waals surface area (Å²) in [5.41, 5.74) is 11.3. The van der Waals surface area contributed by atoms with Gasteiger partial charge in [-0.15, -0.1) is 11.3 Å². The van der Waals surface area contributed by atoms with E-state index in [-0.39, 0.29) is 11.9 Å². The monoisotopic (exact) mass is 376 g/mol. The molecule has 1 aliphatic carbocycles. The Morgan fingerprint density at radius 1 is 1.04 bits per heavy atom. The molecule has 0 saturated carbocycles. The number of carbonyl (C=O) groups excluding carboxylic acids is 1. The number of hydrogen-bond acceptors (Lipinski definition) is 3. The number of amides is 1. The van der Waals surface area contributed by atoms with Gasteiger partial charge in [-0.1, -0.05) is 36.4 Å². The number of rotatable bonds is 6. The maximum Gasteiger partial charge on any atom is 0.248 e. The van der Waals surface area contributed by atoms with E-state index >= 15 is 0 Å². The van der Waals surface area contributed by atoms with Gasteiger partial charge in [0.05, 0.1) is 6.04 Å². The van der Waals surface area contributed by atoms with Crippen molar-refractivity contribution in [2.75, 3.05) is 0 Å². The predicted octanol–water partition coefficient (Wildman–Crippen LogP) is 4.61. The average Bonchev–Trinajstić information content (AvgIpc) is 3.23. The highest BCUT2D eigenvalue weighted by molar-refractivity contribution is 7.10. The molecule has 4 rings (SSSR count). The standard InChI is InChI=1S/C23H24N2OS/c24-23(26)20-8-3-5-16(13-20)15-25-22(21-9-4-12-27-21)19-11-10-17-6-1-2-7-18(17)14-19/h3-5,8-14,22,25H,1-2,6-7,15H2,(H2,24,26). The number of benzene rings is 2. The molecule has 3 N–H and O–H groups in total. The smallest absolute Gasteiger partial charge is 0.248 e. The van der Waals surface area contributed by atoms with Gasteiger partial charge in [-0.3, -0.25) is 4.79 Å². The van der Waals surface area contributed by atoms with Crippen LogP contribution in [0.3, 0.4) is 0 Å². The molecular weight excluding hydrogens is 352 g/mol. The number of hydrogen-bond donors (Lipinski definition) is 2.